The number of nitrogens with zero attached hydrogens (tertiary/aromatic N) is 1. The van der Waals surface area contributed by atoms with Crippen molar-refractivity contribution in [3.8, 4) is 5.75 Å². The van der Waals surface area contributed by atoms with E-state index in [2.05, 4.69) is 15.5 Å². The summed E-state index contributed by atoms with van der Waals surface area (Å²) >= 11 is 0. The quantitative estimate of drug-likeness (QED) is 0.748. The van der Waals surface area contributed by atoms with Crippen LogP contribution in [-0.2, 0) is 9.53 Å². The number of anilines is 1. The van der Waals surface area contributed by atoms with Crippen LogP contribution >= 0.6 is 0 Å². The Labute approximate surface area is 131 Å². The van der Waals surface area contributed by atoms with E-state index in [9.17, 15) is 4.79 Å². The molecule has 1 aliphatic rings. The lowest BCUT2D eigenvalue weighted by atomic mass is 10.3. The maximum absolute atomic E-state index is 11.8. The molecule has 0 aromatic heterocycles. The van der Waals surface area contributed by atoms with Crippen LogP contribution in [0, 0.1) is 0 Å². The molecule has 1 aliphatic heterocycles. The number of rotatable bonds is 8. The summed E-state index contributed by atoms with van der Waals surface area (Å²) in [5.74, 6) is 0.903. The smallest absolute Gasteiger partial charge is 0.221 e. The Hall–Kier alpha value is -1.79. The van der Waals surface area contributed by atoms with Gasteiger partial charge in [-0.25, -0.2) is 0 Å². The largest absolute Gasteiger partial charge is 0.497 e. The van der Waals surface area contributed by atoms with Crippen molar-refractivity contribution < 1.29 is 14.3 Å². The van der Waals surface area contributed by atoms with Crippen LogP contribution in [0.2, 0.25) is 0 Å². The van der Waals surface area contributed by atoms with E-state index in [0.717, 1.165) is 44.3 Å². The lowest BCUT2D eigenvalue weighted by molar-refractivity contribution is -0.120. The van der Waals surface area contributed by atoms with Crippen LogP contribution in [0.15, 0.2) is 24.3 Å². The fourth-order valence-corrected chi connectivity index (χ4v) is 2.30. The van der Waals surface area contributed by atoms with Crippen LogP contribution in [0.25, 0.3) is 0 Å². The van der Waals surface area contributed by atoms with Crippen molar-refractivity contribution in [1.82, 2.24) is 10.2 Å². The number of morpholine rings is 1. The van der Waals surface area contributed by atoms with Crippen molar-refractivity contribution in [2.45, 2.75) is 6.42 Å². The van der Waals surface area contributed by atoms with Gasteiger partial charge in [0, 0.05) is 44.8 Å². The second kappa shape index (κ2) is 9.27. The third-order valence-corrected chi connectivity index (χ3v) is 3.63. The SMILES string of the molecule is COc1ccc(NCCC(=O)NCCN2CCOCC2)cc1. The molecule has 2 N–H and O–H groups in total. The Morgan fingerprint density at radius 1 is 1.23 bits per heavy atom. The Kier molecular flexibility index (Phi) is 6.99. The zero-order chi connectivity index (χ0) is 15.6. The first kappa shape index (κ1) is 16.6. The number of carbonyl (C=O) groups is 1. The van der Waals surface area contributed by atoms with Gasteiger partial charge in [0.05, 0.1) is 20.3 Å². The van der Waals surface area contributed by atoms with E-state index >= 15 is 0 Å². The molecule has 2 rings (SSSR count). The van der Waals surface area contributed by atoms with E-state index in [1.165, 1.54) is 0 Å². The molecule has 0 atom stereocenters. The number of hydrogen-bond donors (Lipinski definition) is 2. The van der Waals surface area contributed by atoms with Crippen LogP contribution in [-0.4, -0.2) is 63.9 Å². The van der Waals surface area contributed by atoms with Crippen molar-refractivity contribution in [1.29, 1.82) is 0 Å². The minimum absolute atomic E-state index is 0.0780. The number of amides is 1. The van der Waals surface area contributed by atoms with E-state index in [0.29, 0.717) is 19.5 Å². The highest BCUT2D eigenvalue weighted by molar-refractivity contribution is 5.76. The molecule has 122 valence electrons. The summed E-state index contributed by atoms with van der Waals surface area (Å²) in [6.07, 6.45) is 0.467. The topological polar surface area (TPSA) is 62.8 Å². The first-order valence-corrected chi connectivity index (χ1v) is 7.72. The van der Waals surface area contributed by atoms with Crippen molar-refractivity contribution >= 4 is 11.6 Å². The van der Waals surface area contributed by atoms with Crippen LogP contribution < -0.4 is 15.4 Å². The van der Waals surface area contributed by atoms with Gasteiger partial charge in [-0.15, -0.1) is 0 Å². The Morgan fingerprint density at radius 2 is 1.95 bits per heavy atom. The summed E-state index contributed by atoms with van der Waals surface area (Å²) in [5, 5.41) is 6.18. The second-order valence-corrected chi connectivity index (χ2v) is 5.21. The molecule has 0 aliphatic carbocycles. The molecule has 1 heterocycles. The Balaban J connectivity index is 1.55. The van der Waals surface area contributed by atoms with Gasteiger partial charge in [0.25, 0.3) is 0 Å². The molecule has 1 aromatic rings. The summed E-state index contributed by atoms with van der Waals surface area (Å²) < 4.78 is 10.4. The van der Waals surface area contributed by atoms with Gasteiger partial charge in [0.15, 0.2) is 0 Å². The molecule has 6 heteroatoms. The van der Waals surface area contributed by atoms with E-state index in [-0.39, 0.29) is 5.91 Å². The number of nitrogens with one attached hydrogen (secondary N) is 2. The minimum Gasteiger partial charge on any atom is -0.497 e. The number of carbonyl (C=O) groups excluding carboxylic acids is 1. The van der Waals surface area contributed by atoms with Gasteiger partial charge < -0.3 is 20.1 Å². The molecular formula is C16H25N3O3. The van der Waals surface area contributed by atoms with Gasteiger partial charge in [0.2, 0.25) is 5.91 Å². The summed E-state index contributed by atoms with van der Waals surface area (Å²) in [6, 6.07) is 7.67. The average molecular weight is 307 g/mol. The lowest BCUT2D eigenvalue weighted by Crippen LogP contribution is -2.41. The van der Waals surface area contributed by atoms with Crippen LogP contribution in [0.3, 0.4) is 0 Å². The Morgan fingerprint density at radius 3 is 2.64 bits per heavy atom. The molecule has 1 fully saturated rings. The molecular weight excluding hydrogens is 282 g/mol. The molecule has 0 saturated carbocycles. The molecule has 0 spiro atoms. The predicted molar refractivity (Wildman–Crippen MR) is 86.4 cm³/mol. The highest BCUT2D eigenvalue weighted by atomic mass is 16.5. The molecule has 6 nitrogen and oxygen atoms in total. The lowest BCUT2D eigenvalue weighted by Gasteiger charge is -2.26. The van der Waals surface area contributed by atoms with Gasteiger partial charge in [-0.05, 0) is 24.3 Å². The molecule has 0 bridgehead atoms. The number of methoxy groups -OCH3 is 1. The predicted octanol–water partition coefficient (Wildman–Crippen LogP) is 0.946. The van der Waals surface area contributed by atoms with Gasteiger partial charge in [0.1, 0.15) is 5.75 Å². The second-order valence-electron chi connectivity index (χ2n) is 5.21. The van der Waals surface area contributed by atoms with Crippen molar-refractivity contribution in [2.24, 2.45) is 0 Å². The summed E-state index contributed by atoms with van der Waals surface area (Å²) in [6.45, 7) is 5.70. The summed E-state index contributed by atoms with van der Waals surface area (Å²) in [4.78, 5) is 14.1. The highest BCUT2D eigenvalue weighted by Crippen LogP contribution is 2.14. The van der Waals surface area contributed by atoms with Gasteiger partial charge in [-0.2, -0.15) is 0 Å². The zero-order valence-electron chi connectivity index (χ0n) is 13.1. The average Bonchev–Trinajstić information content (AvgIpc) is 2.56. The van der Waals surface area contributed by atoms with E-state index in [4.69, 9.17) is 9.47 Å². The monoisotopic (exact) mass is 307 g/mol. The summed E-state index contributed by atoms with van der Waals surface area (Å²) in [7, 11) is 1.64. The van der Waals surface area contributed by atoms with Crippen LogP contribution in [0.5, 0.6) is 5.75 Å². The van der Waals surface area contributed by atoms with E-state index in [1.807, 2.05) is 24.3 Å². The molecule has 0 radical (unpaired) electrons. The molecule has 1 amide bonds. The van der Waals surface area contributed by atoms with Gasteiger partial charge in [-0.1, -0.05) is 0 Å². The minimum atomic E-state index is 0.0780. The maximum Gasteiger partial charge on any atom is 0.221 e. The molecule has 0 unspecified atom stereocenters. The number of ether oxygens (including phenoxy) is 2. The first-order valence-electron chi connectivity index (χ1n) is 7.72. The maximum atomic E-state index is 11.8. The van der Waals surface area contributed by atoms with Gasteiger partial charge in [-0.3, -0.25) is 9.69 Å². The highest BCUT2D eigenvalue weighted by Gasteiger charge is 2.09. The third kappa shape index (κ3) is 5.91. The van der Waals surface area contributed by atoms with E-state index in [1.54, 1.807) is 7.11 Å². The fraction of sp³-hybridized carbons (Fsp3) is 0.562. The Bertz CT molecular complexity index is 444. The van der Waals surface area contributed by atoms with Crippen LogP contribution in [0.1, 0.15) is 6.42 Å². The number of hydrogen-bond acceptors (Lipinski definition) is 5. The van der Waals surface area contributed by atoms with Crippen molar-refractivity contribution in [3.05, 3.63) is 24.3 Å². The normalized spacial score (nSPS) is 15.3. The van der Waals surface area contributed by atoms with Crippen molar-refractivity contribution in [2.75, 3.05) is 58.4 Å². The first-order chi connectivity index (χ1) is 10.8. The number of benzene rings is 1. The van der Waals surface area contributed by atoms with Crippen LogP contribution in [0.4, 0.5) is 5.69 Å². The molecule has 1 saturated heterocycles. The third-order valence-electron chi connectivity index (χ3n) is 3.63. The van der Waals surface area contributed by atoms with E-state index < -0.39 is 0 Å². The summed E-state index contributed by atoms with van der Waals surface area (Å²) in [5.41, 5.74) is 0.988. The zero-order valence-corrected chi connectivity index (χ0v) is 13.1. The molecule has 1 aromatic carbocycles. The standard InChI is InChI=1S/C16H25N3O3/c1-21-15-4-2-14(3-5-15)17-7-6-16(20)18-8-9-19-10-12-22-13-11-19/h2-5,17H,6-13H2,1H3,(H,18,20). The molecule has 22 heavy (non-hydrogen) atoms. The fourth-order valence-electron chi connectivity index (χ4n) is 2.30. The van der Waals surface area contributed by atoms with Crippen molar-refractivity contribution in [3.63, 3.8) is 0 Å². The van der Waals surface area contributed by atoms with Gasteiger partial charge >= 0.3 is 0 Å².